The molecular weight excluding hydrogens is 358 g/mol. The fourth-order valence-corrected chi connectivity index (χ4v) is 2.50. The van der Waals surface area contributed by atoms with Gasteiger partial charge in [-0.3, -0.25) is 4.79 Å². The zero-order valence-electron chi connectivity index (χ0n) is 14.7. The van der Waals surface area contributed by atoms with Gasteiger partial charge in [-0.25, -0.2) is 4.79 Å². The van der Waals surface area contributed by atoms with Crippen LogP contribution in [0.4, 0.5) is 5.69 Å². The number of halogens is 1. The number of aliphatic carboxylic acids is 1. The molecule has 0 saturated heterocycles. The number of methoxy groups -OCH3 is 1. The number of amides is 1. The summed E-state index contributed by atoms with van der Waals surface area (Å²) in [4.78, 5) is 23.3. The smallest absolute Gasteiger partial charge is 0.341 e. The predicted octanol–water partition coefficient (Wildman–Crippen LogP) is 3.73. The number of hydrogen-bond acceptors (Lipinski definition) is 4. The van der Waals surface area contributed by atoms with Crippen LogP contribution in [0.25, 0.3) is 0 Å². The quantitative estimate of drug-likeness (QED) is 0.768. The monoisotopic (exact) mass is 377 g/mol. The summed E-state index contributed by atoms with van der Waals surface area (Å²) >= 11 is 6.08. The number of benzene rings is 2. The number of nitrogens with one attached hydrogen (secondary N) is 1. The first-order valence-electron chi connectivity index (χ1n) is 7.84. The van der Waals surface area contributed by atoms with Gasteiger partial charge in [0.25, 0.3) is 0 Å². The highest BCUT2D eigenvalue weighted by Gasteiger charge is 2.30. The van der Waals surface area contributed by atoms with E-state index in [4.69, 9.17) is 26.2 Å². The van der Waals surface area contributed by atoms with E-state index in [0.717, 1.165) is 5.56 Å². The molecule has 0 atom stereocenters. The molecule has 0 bridgehead atoms. The molecular formula is C19H20ClNO5. The van der Waals surface area contributed by atoms with Crippen LogP contribution in [0.1, 0.15) is 19.4 Å². The Balaban J connectivity index is 2.12. The van der Waals surface area contributed by atoms with E-state index in [1.165, 1.54) is 12.1 Å². The number of carbonyl (C=O) groups is 2. The van der Waals surface area contributed by atoms with Crippen molar-refractivity contribution < 1.29 is 24.2 Å². The molecule has 0 saturated carbocycles. The maximum Gasteiger partial charge on any atom is 0.341 e. The third-order valence-electron chi connectivity index (χ3n) is 3.92. The average molecular weight is 378 g/mol. The average Bonchev–Trinajstić information content (AvgIpc) is 2.60. The van der Waals surface area contributed by atoms with Crippen molar-refractivity contribution in [3.05, 3.63) is 53.1 Å². The van der Waals surface area contributed by atoms with Crippen LogP contribution < -0.4 is 14.8 Å². The molecule has 0 aliphatic rings. The highest BCUT2D eigenvalue weighted by molar-refractivity contribution is 6.32. The van der Waals surface area contributed by atoms with Crippen LogP contribution in [-0.2, 0) is 15.0 Å². The Morgan fingerprint density at radius 1 is 1.15 bits per heavy atom. The van der Waals surface area contributed by atoms with Crippen LogP contribution in [0.5, 0.6) is 11.5 Å². The SMILES string of the molecule is COc1ccc(C(C)(C)C(=O)Nc2ccc(OCC(=O)O)c(Cl)c2)cc1. The number of anilines is 1. The van der Waals surface area contributed by atoms with Gasteiger partial charge in [0.1, 0.15) is 11.5 Å². The summed E-state index contributed by atoms with van der Waals surface area (Å²) in [6, 6.07) is 11.9. The lowest BCUT2D eigenvalue weighted by Crippen LogP contribution is -2.34. The van der Waals surface area contributed by atoms with E-state index in [2.05, 4.69) is 5.32 Å². The van der Waals surface area contributed by atoms with Gasteiger partial charge in [-0.1, -0.05) is 23.7 Å². The van der Waals surface area contributed by atoms with Gasteiger partial charge in [0.05, 0.1) is 17.5 Å². The van der Waals surface area contributed by atoms with Crippen molar-refractivity contribution in [3.8, 4) is 11.5 Å². The second-order valence-corrected chi connectivity index (χ2v) is 6.54. The summed E-state index contributed by atoms with van der Waals surface area (Å²) in [5.41, 5.74) is 0.546. The summed E-state index contributed by atoms with van der Waals surface area (Å²) in [6.07, 6.45) is 0. The topological polar surface area (TPSA) is 84.9 Å². The van der Waals surface area contributed by atoms with Gasteiger partial charge in [-0.05, 0) is 49.7 Å². The van der Waals surface area contributed by atoms with E-state index in [0.29, 0.717) is 11.4 Å². The zero-order valence-corrected chi connectivity index (χ0v) is 15.5. The molecule has 138 valence electrons. The Labute approximate surface area is 156 Å². The lowest BCUT2D eigenvalue weighted by Gasteiger charge is -2.24. The van der Waals surface area contributed by atoms with Gasteiger partial charge in [0.2, 0.25) is 5.91 Å². The Morgan fingerprint density at radius 2 is 1.81 bits per heavy atom. The molecule has 2 aromatic rings. The van der Waals surface area contributed by atoms with Gasteiger partial charge in [0, 0.05) is 5.69 Å². The first kappa shape index (κ1) is 19.6. The second kappa shape index (κ2) is 8.10. The number of rotatable bonds is 7. The first-order chi connectivity index (χ1) is 12.2. The molecule has 0 spiro atoms. The molecule has 2 N–H and O–H groups in total. The van der Waals surface area contributed by atoms with E-state index in [1.807, 2.05) is 26.0 Å². The van der Waals surface area contributed by atoms with E-state index >= 15 is 0 Å². The van der Waals surface area contributed by atoms with Gasteiger partial charge in [-0.15, -0.1) is 0 Å². The number of carboxylic acid groups (broad SMARTS) is 1. The molecule has 0 aliphatic carbocycles. The third kappa shape index (κ3) is 4.67. The van der Waals surface area contributed by atoms with Crippen molar-refractivity contribution >= 4 is 29.2 Å². The van der Waals surface area contributed by atoms with Crippen LogP contribution in [0.2, 0.25) is 5.02 Å². The van der Waals surface area contributed by atoms with Crippen molar-refractivity contribution in [2.24, 2.45) is 0 Å². The van der Waals surface area contributed by atoms with Crippen LogP contribution in [0.15, 0.2) is 42.5 Å². The Bertz CT molecular complexity index is 802. The fraction of sp³-hybridized carbons (Fsp3) is 0.263. The van der Waals surface area contributed by atoms with Crippen LogP contribution >= 0.6 is 11.6 Å². The van der Waals surface area contributed by atoms with E-state index in [9.17, 15) is 9.59 Å². The standard InChI is InChI=1S/C19H20ClNO5/c1-19(2,12-4-7-14(25-3)8-5-12)18(24)21-13-6-9-16(15(20)10-13)26-11-17(22)23/h4-10H,11H2,1-3H3,(H,21,24)(H,22,23). The minimum absolute atomic E-state index is 0.210. The second-order valence-electron chi connectivity index (χ2n) is 6.14. The molecule has 0 heterocycles. The van der Waals surface area contributed by atoms with Gasteiger partial charge in [0.15, 0.2) is 6.61 Å². The van der Waals surface area contributed by atoms with Crippen LogP contribution in [0.3, 0.4) is 0 Å². The van der Waals surface area contributed by atoms with Crippen molar-refractivity contribution in [2.75, 3.05) is 19.0 Å². The lowest BCUT2D eigenvalue weighted by atomic mass is 9.83. The summed E-state index contributed by atoms with van der Waals surface area (Å²) in [5, 5.41) is 11.7. The summed E-state index contributed by atoms with van der Waals surface area (Å²) in [5.74, 6) is -0.354. The number of carboxylic acids is 1. The van der Waals surface area contributed by atoms with Gasteiger partial charge < -0.3 is 19.9 Å². The van der Waals surface area contributed by atoms with Crippen LogP contribution in [-0.4, -0.2) is 30.7 Å². The summed E-state index contributed by atoms with van der Waals surface area (Å²) in [7, 11) is 1.58. The molecule has 1 amide bonds. The number of hydrogen-bond donors (Lipinski definition) is 2. The lowest BCUT2D eigenvalue weighted by molar-refractivity contribution is -0.139. The maximum atomic E-state index is 12.7. The maximum absolute atomic E-state index is 12.7. The fourth-order valence-electron chi connectivity index (χ4n) is 2.26. The minimum Gasteiger partial charge on any atom is -0.497 e. The Kier molecular flexibility index (Phi) is 6.10. The van der Waals surface area contributed by atoms with E-state index in [1.54, 1.807) is 25.3 Å². The van der Waals surface area contributed by atoms with Crippen LogP contribution in [0, 0.1) is 0 Å². The molecule has 0 unspecified atom stereocenters. The largest absolute Gasteiger partial charge is 0.497 e. The first-order valence-corrected chi connectivity index (χ1v) is 8.22. The third-order valence-corrected chi connectivity index (χ3v) is 4.22. The molecule has 2 rings (SSSR count). The Morgan fingerprint density at radius 3 is 2.35 bits per heavy atom. The molecule has 6 nitrogen and oxygen atoms in total. The Hall–Kier alpha value is -2.73. The van der Waals surface area contributed by atoms with E-state index < -0.39 is 18.0 Å². The summed E-state index contributed by atoms with van der Waals surface area (Å²) < 4.78 is 10.2. The molecule has 0 fully saturated rings. The molecule has 7 heteroatoms. The molecule has 0 aliphatic heterocycles. The van der Waals surface area contributed by atoms with Crippen molar-refractivity contribution in [3.63, 3.8) is 0 Å². The number of ether oxygens (including phenoxy) is 2. The zero-order chi connectivity index (χ0) is 19.3. The van der Waals surface area contributed by atoms with Crippen molar-refractivity contribution in [1.82, 2.24) is 0 Å². The minimum atomic E-state index is -1.10. The van der Waals surface area contributed by atoms with Gasteiger partial charge in [-0.2, -0.15) is 0 Å². The highest BCUT2D eigenvalue weighted by Crippen LogP contribution is 2.30. The highest BCUT2D eigenvalue weighted by atomic mass is 35.5. The normalized spacial score (nSPS) is 10.9. The van der Waals surface area contributed by atoms with Crippen molar-refractivity contribution in [1.29, 1.82) is 0 Å². The van der Waals surface area contributed by atoms with Crippen molar-refractivity contribution in [2.45, 2.75) is 19.3 Å². The molecule has 26 heavy (non-hydrogen) atoms. The number of carbonyl (C=O) groups excluding carboxylic acids is 1. The molecule has 2 aromatic carbocycles. The van der Waals surface area contributed by atoms with Gasteiger partial charge >= 0.3 is 5.97 Å². The predicted molar refractivity (Wildman–Crippen MR) is 99.2 cm³/mol. The molecule has 0 radical (unpaired) electrons. The summed E-state index contributed by atoms with van der Waals surface area (Å²) in [6.45, 7) is 3.14. The molecule has 0 aromatic heterocycles. The van der Waals surface area contributed by atoms with E-state index in [-0.39, 0.29) is 16.7 Å².